The van der Waals surface area contributed by atoms with Crippen LogP contribution in [0.4, 0.5) is 15.3 Å². The average molecular weight is 564 g/mol. The van der Waals surface area contributed by atoms with Gasteiger partial charge in [0.25, 0.3) is 0 Å². The van der Waals surface area contributed by atoms with E-state index < -0.39 is 18.5 Å². The maximum atomic E-state index is 12.8. The van der Waals surface area contributed by atoms with E-state index in [1.54, 1.807) is 0 Å². The molecule has 1 amide bonds. The van der Waals surface area contributed by atoms with E-state index in [1.807, 2.05) is 12.1 Å². The number of halogens is 2. The first kappa shape index (κ1) is 25.9. The van der Waals surface area contributed by atoms with Crippen molar-refractivity contribution in [2.75, 3.05) is 48.4 Å². The van der Waals surface area contributed by atoms with E-state index in [-0.39, 0.29) is 13.2 Å². The largest absolute Gasteiger partial charge is 0.510 e. The molecule has 1 atom stereocenters. The van der Waals surface area contributed by atoms with Crippen LogP contribution in [0.3, 0.4) is 0 Å². The van der Waals surface area contributed by atoms with E-state index in [9.17, 15) is 9.59 Å². The molecule has 1 aromatic carbocycles. The van der Waals surface area contributed by atoms with Crippen LogP contribution >= 0.6 is 31.9 Å². The van der Waals surface area contributed by atoms with Gasteiger partial charge in [-0.25, -0.2) is 14.5 Å². The second-order valence-corrected chi connectivity index (χ2v) is 8.83. The molecule has 1 unspecified atom stereocenters. The summed E-state index contributed by atoms with van der Waals surface area (Å²) in [5, 5.41) is 1.04. The summed E-state index contributed by atoms with van der Waals surface area (Å²) >= 11 is 6.48. The molecule has 0 N–H and O–H groups in total. The predicted molar refractivity (Wildman–Crippen MR) is 129 cm³/mol. The van der Waals surface area contributed by atoms with Crippen molar-refractivity contribution in [1.82, 2.24) is 4.90 Å². The molecule has 0 radical (unpaired) electrons. The third-order valence-electron chi connectivity index (χ3n) is 4.98. The van der Waals surface area contributed by atoms with Crippen molar-refractivity contribution in [3.63, 3.8) is 0 Å². The van der Waals surface area contributed by atoms with Gasteiger partial charge in [-0.15, -0.1) is 0 Å². The molecular weight excluding hydrogens is 532 g/mol. The van der Waals surface area contributed by atoms with Crippen LogP contribution in [0.15, 0.2) is 18.2 Å². The molecule has 2 rings (SSSR count). The van der Waals surface area contributed by atoms with Crippen molar-refractivity contribution in [3.05, 3.63) is 29.3 Å². The number of rotatable bonds is 12. The molecule has 1 heterocycles. The fourth-order valence-electron chi connectivity index (χ4n) is 3.76. The number of carbonyl (C=O) groups excluding carboxylic acids is 2. The lowest BCUT2D eigenvalue weighted by molar-refractivity contribution is 0.0281. The van der Waals surface area contributed by atoms with Crippen LogP contribution in [0.5, 0.6) is 0 Å². The van der Waals surface area contributed by atoms with Gasteiger partial charge in [0, 0.05) is 23.6 Å². The Kier molecular flexibility index (Phi) is 11.7. The molecule has 31 heavy (non-hydrogen) atoms. The van der Waals surface area contributed by atoms with E-state index in [4.69, 9.17) is 14.2 Å². The maximum absolute atomic E-state index is 12.8. The molecule has 0 aromatic heterocycles. The number of hydrogen-bond donors (Lipinski definition) is 0. The van der Waals surface area contributed by atoms with Crippen LogP contribution in [-0.2, 0) is 27.1 Å². The Morgan fingerprint density at radius 2 is 1.74 bits per heavy atom. The summed E-state index contributed by atoms with van der Waals surface area (Å²) < 4.78 is 15.8. The average Bonchev–Trinajstić information content (AvgIpc) is 3.13. The molecule has 0 fully saturated rings. The number of ether oxygens (including phenoxy) is 3. The Balaban J connectivity index is 2.21. The van der Waals surface area contributed by atoms with Crippen LogP contribution < -0.4 is 4.90 Å². The number of amides is 1. The van der Waals surface area contributed by atoms with E-state index in [0.29, 0.717) is 17.1 Å². The SMILES string of the molecule is CCCN(CCC)CCc1cccc2c1CC(OC(=O)OCCBr)N2C(=O)OCCBr. The van der Waals surface area contributed by atoms with Gasteiger partial charge >= 0.3 is 12.2 Å². The van der Waals surface area contributed by atoms with Crippen molar-refractivity contribution in [2.24, 2.45) is 0 Å². The Morgan fingerprint density at radius 3 is 2.39 bits per heavy atom. The fraction of sp³-hybridized carbons (Fsp3) is 0.636. The topological polar surface area (TPSA) is 68.3 Å². The third kappa shape index (κ3) is 7.64. The minimum absolute atomic E-state index is 0.197. The lowest BCUT2D eigenvalue weighted by atomic mass is 10.0. The van der Waals surface area contributed by atoms with Crippen molar-refractivity contribution in [3.8, 4) is 0 Å². The van der Waals surface area contributed by atoms with Crippen LogP contribution in [0.25, 0.3) is 0 Å². The van der Waals surface area contributed by atoms with Gasteiger partial charge in [-0.05, 0) is 49.5 Å². The van der Waals surface area contributed by atoms with Crippen molar-refractivity contribution in [1.29, 1.82) is 0 Å². The fourth-order valence-corrected chi connectivity index (χ4v) is 4.08. The van der Waals surface area contributed by atoms with Crippen LogP contribution in [0.2, 0.25) is 0 Å². The van der Waals surface area contributed by atoms with Crippen LogP contribution in [-0.4, -0.2) is 66.9 Å². The van der Waals surface area contributed by atoms with Gasteiger partial charge in [0.05, 0.1) is 5.69 Å². The molecule has 1 aliphatic rings. The number of anilines is 1. The number of hydrogen-bond acceptors (Lipinski definition) is 6. The number of alkyl halides is 2. The van der Waals surface area contributed by atoms with Gasteiger partial charge in [-0.1, -0.05) is 57.8 Å². The van der Waals surface area contributed by atoms with E-state index in [2.05, 4.69) is 56.7 Å². The van der Waals surface area contributed by atoms with Crippen LogP contribution in [0, 0.1) is 0 Å². The highest BCUT2D eigenvalue weighted by Gasteiger charge is 2.39. The smallest absolute Gasteiger partial charge is 0.448 e. The Morgan fingerprint density at radius 1 is 1.06 bits per heavy atom. The van der Waals surface area contributed by atoms with Crippen LogP contribution in [0.1, 0.15) is 37.8 Å². The Bertz CT molecular complexity index is 713. The predicted octanol–water partition coefficient (Wildman–Crippen LogP) is 5.12. The van der Waals surface area contributed by atoms with Crippen molar-refractivity contribution < 1.29 is 23.8 Å². The summed E-state index contributed by atoms with van der Waals surface area (Å²) in [5.74, 6) is 0. The minimum Gasteiger partial charge on any atom is -0.448 e. The summed E-state index contributed by atoms with van der Waals surface area (Å²) in [5.41, 5.74) is 2.91. The lowest BCUT2D eigenvalue weighted by Gasteiger charge is -2.24. The van der Waals surface area contributed by atoms with Gasteiger partial charge in [0.1, 0.15) is 13.2 Å². The monoisotopic (exact) mass is 562 g/mol. The number of nitrogens with zero attached hydrogens (tertiary/aromatic N) is 2. The molecule has 0 bridgehead atoms. The molecule has 1 aromatic rings. The highest BCUT2D eigenvalue weighted by Crippen LogP contribution is 2.36. The molecule has 9 heteroatoms. The maximum Gasteiger partial charge on any atom is 0.510 e. The molecule has 174 valence electrons. The Labute approximate surface area is 201 Å². The first-order valence-corrected chi connectivity index (χ1v) is 13.0. The standard InChI is InChI=1S/C22H32Br2N2O5/c1-3-11-25(12-4-2)13-8-17-6-5-7-19-18(17)16-20(31-22(28)30-15-10-24)26(19)21(27)29-14-9-23/h5-7,20H,3-4,8-16H2,1-2H3. The first-order valence-electron chi connectivity index (χ1n) is 10.8. The van der Waals surface area contributed by atoms with Gasteiger partial charge in [-0.2, -0.15) is 0 Å². The van der Waals surface area contributed by atoms with Crippen molar-refractivity contribution in [2.45, 2.75) is 45.8 Å². The van der Waals surface area contributed by atoms with Gasteiger partial charge in [-0.3, -0.25) is 0 Å². The number of benzene rings is 1. The molecule has 0 spiro atoms. The molecule has 0 saturated carbocycles. The summed E-state index contributed by atoms with van der Waals surface area (Å²) in [6.45, 7) is 7.89. The highest BCUT2D eigenvalue weighted by molar-refractivity contribution is 9.09. The van der Waals surface area contributed by atoms with E-state index in [1.165, 1.54) is 4.90 Å². The summed E-state index contributed by atoms with van der Waals surface area (Å²) in [7, 11) is 0. The van der Waals surface area contributed by atoms with E-state index >= 15 is 0 Å². The van der Waals surface area contributed by atoms with Gasteiger partial charge < -0.3 is 19.1 Å². The Hall–Kier alpha value is -1.32. The quantitative estimate of drug-likeness (QED) is 0.260. The minimum atomic E-state index is -0.797. The normalized spacial score (nSPS) is 15.1. The second kappa shape index (κ2) is 14.0. The zero-order chi connectivity index (χ0) is 22.6. The summed E-state index contributed by atoms with van der Waals surface area (Å²) in [6.07, 6.45) is 1.40. The van der Waals surface area contributed by atoms with E-state index in [0.717, 1.165) is 55.7 Å². The zero-order valence-corrected chi connectivity index (χ0v) is 21.5. The lowest BCUT2D eigenvalue weighted by Crippen LogP contribution is -2.41. The van der Waals surface area contributed by atoms with Gasteiger partial charge in [0.2, 0.25) is 0 Å². The molecule has 7 nitrogen and oxygen atoms in total. The number of fused-ring (bicyclic) bond motifs is 1. The third-order valence-corrected chi connectivity index (χ3v) is 5.63. The highest BCUT2D eigenvalue weighted by atomic mass is 79.9. The first-order chi connectivity index (χ1) is 15.0. The number of carbonyl (C=O) groups is 2. The second-order valence-electron chi connectivity index (χ2n) is 7.24. The molecule has 1 aliphatic heterocycles. The zero-order valence-electron chi connectivity index (χ0n) is 18.3. The molecule has 0 aliphatic carbocycles. The molecular formula is C22H32Br2N2O5. The van der Waals surface area contributed by atoms with Gasteiger partial charge in [0.15, 0.2) is 6.23 Å². The van der Waals surface area contributed by atoms with Crippen molar-refractivity contribution >= 4 is 49.8 Å². The summed E-state index contributed by atoms with van der Waals surface area (Å²) in [4.78, 5) is 28.7. The summed E-state index contributed by atoms with van der Waals surface area (Å²) in [6, 6.07) is 5.90. The molecule has 0 saturated heterocycles.